The van der Waals surface area contributed by atoms with E-state index in [4.69, 9.17) is 4.42 Å². The first kappa shape index (κ1) is 34.9. The smallest absolute Gasteiger partial charge is 0.143 e. The summed E-state index contributed by atoms with van der Waals surface area (Å²) in [7, 11) is 0. The number of aromatic nitrogens is 1. The van der Waals surface area contributed by atoms with Crippen LogP contribution in [0.25, 0.3) is 103 Å². The molecule has 0 aliphatic heterocycles. The van der Waals surface area contributed by atoms with Crippen LogP contribution in [0, 0.1) is 0 Å². The third kappa shape index (κ3) is 5.30. The first-order valence-electron chi connectivity index (χ1n) is 21.1. The third-order valence-electron chi connectivity index (χ3n) is 12.6. The number of hydrogen-bond acceptors (Lipinski definition) is 3. The minimum atomic E-state index is 0.882. The lowest BCUT2D eigenvalue weighted by molar-refractivity contribution is 0.670. The fraction of sp³-hybridized carbons (Fsp3) is 0. The molecule has 3 aromatic heterocycles. The molecule has 0 radical (unpaired) electrons. The number of thiophene rings is 1. The van der Waals surface area contributed by atoms with E-state index in [0.717, 1.165) is 55.8 Å². The second-order valence-corrected chi connectivity index (χ2v) is 17.1. The SMILES string of the molecule is c1ccc(N(c2ccc(-c3cccc4c3sc3ccccc34)cc2)c2ccccc2-n2c3ccccc3c3ccccc32)c(-c2cccc3c2oc2cc4ccccc4cc23)c1. The van der Waals surface area contributed by atoms with Crippen LogP contribution in [0.3, 0.4) is 0 Å². The van der Waals surface area contributed by atoms with Gasteiger partial charge in [-0.2, -0.15) is 0 Å². The van der Waals surface area contributed by atoms with E-state index in [9.17, 15) is 0 Å². The Morgan fingerprint density at radius 1 is 0.403 bits per heavy atom. The second kappa shape index (κ2) is 13.8. The monoisotopic (exact) mass is 808 g/mol. The van der Waals surface area contributed by atoms with Gasteiger partial charge in [-0.1, -0.05) is 158 Å². The molecule has 10 aromatic carbocycles. The van der Waals surface area contributed by atoms with Crippen molar-refractivity contribution in [1.29, 1.82) is 0 Å². The average molecular weight is 809 g/mol. The lowest BCUT2D eigenvalue weighted by Gasteiger charge is -2.30. The number of anilines is 3. The van der Waals surface area contributed by atoms with Crippen molar-refractivity contribution in [3.05, 3.63) is 218 Å². The van der Waals surface area contributed by atoms with Crippen LogP contribution in [0.15, 0.2) is 223 Å². The van der Waals surface area contributed by atoms with Gasteiger partial charge in [-0.25, -0.2) is 0 Å². The van der Waals surface area contributed by atoms with Crippen molar-refractivity contribution >= 4 is 103 Å². The molecule has 0 aliphatic carbocycles. The van der Waals surface area contributed by atoms with Gasteiger partial charge in [0.2, 0.25) is 0 Å². The van der Waals surface area contributed by atoms with Crippen molar-refractivity contribution in [1.82, 2.24) is 4.57 Å². The molecule has 0 saturated heterocycles. The summed E-state index contributed by atoms with van der Waals surface area (Å²) in [5, 5.41) is 9.67. The molecule has 13 aromatic rings. The maximum Gasteiger partial charge on any atom is 0.143 e. The Morgan fingerprint density at radius 3 is 1.77 bits per heavy atom. The van der Waals surface area contributed by atoms with Crippen LogP contribution in [-0.2, 0) is 0 Å². The van der Waals surface area contributed by atoms with Gasteiger partial charge in [0.25, 0.3) is 0 Å². The van der Waals surface area contributed by atoms with Crippen LogP contribution < -0.4 is 4.90 Å². The second-order valence-electron chi connectivity index (χ2n) is 16.0. The zero-order chi connectivity index (χ0) is 40.7. The molecule has 0 saturated carbocycles. The van der Waals surface area contributed by atoms with Gasteiger partial charge >= 0.3 is 0 Å². The van der Waals surface area contributed by atoms with Gasteiger partial charge in [0.1, 0.15) is 11.2 Å². The standard InChI is InChI=1S/C58H36N2OS/c1-2-16-39-36-55-49(35-38(39)15-1)47-23-14-22-46(57(47)61-55)44-19-5-7-25-50(44)59(40-33-31-37(32-34-40)41-21-13-24-48-45-20-6-12-30-56(45)62-58(41)48)53-28-10-11-29-54(53)60-51-26-8-3-17-42(51)43-18-4-9-27-52(43)60/h1-36H. The van der Waals surface area contributed by atoms with Crippen LogP contribution in [-0.4, -0.2) is 4.57 Å². The molecule has 0 spiro atoms. The number of nitrogens with zero attached hydrogens (tertiary/aromatic N) is 2. The fourth-order valence-electron chi connectivity index (χ4n) is 9.79. The molecular formula is C58H36N2OS. The average Bonchev–Trinajstić information content (AvgIpc) is 4.01. The number of fused-ring (bicyclic) bond motifs is 10. The van der Waals surface area contributed by atoms with Crippen molar-refractivity contribution < 1.29 is 4.42 Å². The molecule has 0 unspecified atom stereocenters. The molecule has 13 rings (SSSR count). The predicted octanol–water partition coefficient (Wildman–Crippen LogP) is 17.0. The minimum Gasteiger partial charge on any atom is -0.455 e. The van der Waals surface area contributed by atoms with Crippen molar-refractivity contribution in [2.24, 2.45) is 0 Å². The molecule has 0 N–H and O–H groups in total. The van der Waals surface area contributed by atoms with Crippen LogP contribution in [0.1, 0.15) is 0 Å². The summed E-state index contributed by atoms with van der Waals surface area (Å²) >= 11 is 1.87. The molecule has 0 amide bonds. The van der Waals surface area contributed by atoms with Crippen LogP contribution >= 0.6 is 11.3 Å². The summed E-state index contributed by atoms with van der Waals surface area (Å²) in [6.45, 7) is 0. The highest BCUT2D eigenvalue weighted by atomic mass is 32.1. The Kier molecular flexibility index (Phi) is 7.78. The van der Waals surface area contributed by atoms with Gasteiger partial charge in [0.05, 0.1) is 28.1 Å². The summed E-state index contributed by atoms with van der Waals surface area (Å²) in [4.78, 5) is 2.44. The highest BCUT2D eigenvalue weighted by molar-refractivity contribution is 7.26. The lowest BCUT2D eigenvalue weighted by Crippen LogP contribution is -2.14. The molecule has 62 heavy (non-hydrogen) atoms. The lowest BCUT2D eigenvalue weighted by atomic mass is 9.98. The van der Waals surface area contributed by atoms with Crippen LogP contribution in [0.2, 0.25) is 0 Å². The number of para-hydroxylation sites is 6. The maximum atomic E-state index is 6.87. The van der Waals surface area contributed by atoms with E-state index in [0.29, 0.717) is 0 Å². The van der Waals surface area contributed by atoms with Crippen molar-refractivity contribution in [2.75, 3.05) is 4.90 Å². The van der Waals surface area contributed by atoms with Gasteiger partial charge in [-0.15, -0.1) is 11.3 Å². The highest BCUT2D eigenvalue weighted by Gasteiger charge is 2.24. The first-order valence-corrected chi connectivity index (χ1v) is 21.9. The van der Waals surface area contributed by atoms with Gasteiger partial charge < -0.3 is 13.9 Å². The molecule has 3 heterocycles. The number of hydrogen-bond donors (Lipinski definition) is 0. The quantitative estimate of drug-likeness (QED) is 0.167. The molecule has 290 valence electrons. The maximum absolute atomic E-state index is 6.87. The van der Waals surface area contributed by atoms with E-state index in [1.807, 2.05) is 11.3 Å². The molecule has 0 atom stereocenters. The molecular weight excluding hydrogens is 773 g/mol. The van der Waals surface area contributed by atoms with E-state index in [1.54, 1.807) is 0 Å². The summed E-state index contributed by atoms with van der Waals surface area (Å²) in [5.74, 6) is 0. The number of furan rings is 1. The topological polar surface area (TPSA) is 21.3 Å². The van der Waals surface area contributed by atoms with Crippen molar-refractivity contribution in [2.45, 2.75) is 0 Å². The largest absolute Gasteiger partial charge is 0.455 e. The number of benzene rings is 10. The van der Waals surface area contributed by atoms with Crippen LogP contribution in [0.5, 0.6) is 0 Å². The summed E-state index contributed by atoms with van der Waals surface area (Å²) < 4.78 is 11.9. The summed E-state index contributed by atoms with van der Waals surface area (Å²) in [6.07, 6.45) is 0. The van der Waals surface area contributed by atoms with Gasteiger partial charge in [-0.05, 0) is 82.6 Å². The van der Waals surface area contributed by atoms with Gasteiger partial charge in [0.15, 0.2) is 0 Å². The van der Waals surface area contributed by atoms with Crippen molar-refractivity contribution in [3.8, 4) is 27.9 Å². The van der Waals surface area contributed by atoms with Gasteiger partial charge in [0, 0.05) is 58.5 Å². The van der Waals surface area contributed by atoms with Crippen molar-refractivity contribution in [3.63, 3.8) is 0 Å². The Hall–Kier alpha value is -7.92. The third-order valence-corrected chi connectivity index (χ3v) is 13.8. The molecule has 4 heteroatoms. The molecule has 0 bridgehead atoms. The van der Waals surface area contributed by atoms with E-state index in [-0.39, 0.29) is 0 Å². The zero-order valence-corrected chi connectivity index (χ0v) is 34.3. The molecule has 0 fully saturated rings. The van der Waals surface area contributed by atoms with E-state index < -0.39 is 0 Å². The van der Waals surface area contributed by atoms with E-state index in [2.05, 4.69) is 228 Å². The normalized spacial score (nSPS) is 11.9. The summed E-state index contributed by atoms with van der Waals surface area (Å²) in [6, 6.07) is 79.2. The summed E-state index contributed by atoms with van der Waals surface area (Å²) in [5.41, 5.74) is 12.9. The van der Waals surface area contributed by atoms with Crippen LogP contribution in [0.4, 0.5) is 17.1 Å². The first-order chi connectivity index (χ1) is 30.8. The fourth-order valence-corrected chi connectivity index (χ4v) is 11.0. The minimum absolute atomic E-state index is 0.882. The highest BCUT2D eigenvalue weighted by Crippen LogP contribution is 2.48. The Morgan fingerprint density at radius 2 is 0.984 bits per heavy atom. The molecule has 3 nitrogen and oxygen atoms in total. The Balaban J connectivity index is 1.05. The molecule has 0 aliphatic rings. The van der Waals surface area contributed by atoms with Gasteiger partial charge in [-0.3, -0.25) is 0 Å². The van der Waals surface area contributed by atoms with E-state index in [1.165, 1.54) is 63.9 Å². The number of rotatable bonds is 6. The predicted molar refractivity (Wildman–Crippen MR) is 264 cm³/mol. The Labute approximate surface area is 361 Å². The zero-order valence-electron chi connectivity index (χ0n) is 33.5. The van der Waals surface area contributed by atoms with E-state index >= 15 is 0 Å². The Bertz CT molecular complexity index is 3830.